The fraction of sp³-hybridized carbons (Fsp3) is 0.222. The summed E-state index contributed by atoms with van der Waals surface area (Å²) < 4.78 is 12.9. The lowest BCUT2D eigenvalue weighted by Gasteiger charge is -2.32. The number of benzene rings is 3. The molecule has 0 atom stereocenters. The average Bonchev–Trinajstić information content (AvgIpc) is 3.00. The largest absolute Gasteiger partial charge is 0.495 e. The van der Waals surface area contributed by atoms with Crippen LogP contribution in [0.4, 0.5) is 0 Å². The maximum atomic E-state index is 6.47. The van der Waals surface area contributed by atoms with Gasteiger partial charge in [0.05, 0.1) is 16.7 Å². The van der Waals surface area contributed by atoms with Gasteiger partial charge < -0.3 is 9.31 Å². The van der Waals surface area contributed by atoms with E-state index >= 15 is 0 Å². The Balaban J connectivity index is 1.72. The number of rotatable bonds is 3. The Morgan fingerprint density at radius 2 is 1.39 bits per heavy atom. The van der Waals surface area contributed by atoms with Crippen molar-refractivity contribution >= 4 is 23.5 Å². The molecule has 0 spiro atoms. The van der Waals surface area contributed by atoms with Crippen LogP contribution >= 0.6 is 0 Å². The molecular formula is C27H26BNO2. The Morgan fingerprint density at radius 1 is 0.677 bits per heavy atom. The summed E-state index contributed by atoms with van der Waals surface area (Å²) in [6, 6.07) is 27.3. The minimum Gasteiger partial charge on any atom is -0.399 e. The van der Waals surface area contributed by atoms with Crippen LogP contribution in [0.2, 0.25) is 0 Å². The molecule has 3 nitrogen and oxygen atoms in total. The van der Waals surface area contributed by atoms with Gasteiger partial charge in [-0.3, -0.25) is 4.98 Å². The zero-order chi connectivity index (χ0) is 21.6. The van der Waals surface area contributed by atoms with Gasteiger partial charge in [0.1, 0.15) is 0 Å². The van der Waals surface area contributed by atoms with E-state index in [0.717, 1.165) is 33.1 Å². The average molecular weight is 407 g/mol. The molecule has 1 saturated heterocycles. The van der Waals surface area contributed by atoms with E-state index in [4.69, 9.17) is 9.31 Å². The molecule has 1 aromatic heterocycles. The van der Waals surface area contributed by atoms with Gasteiger partial charge in [-0.15, -0.1) is 0 Å². The summed E-state index contributed by atoms with van der Waals surface area (Å²) in [5.41, 5.74) is 5.67. The van der Waals surface area contributed by atoms with Gasteiger partial charge in [-0.2, -0.15) is 0 Å². The van der Waals surface area contributed by atoms with Gasteiger partial charge in [0.15, 0.2) is 0 Å². The maximum Gasteiger partial charge on any atom is 0.495 e. The minimum absolute atomic E-state index is 0.408. The fourth-order valence-corrected chi connectivity index (χ4v) is 4.10. The highest BCUT2D eigenvalue weighted by molar-refractivity contribution is 6.64. The van der Waals surface area contributed by atoms with Crippen molar-refractivity contribution in [1.29, 1.82) is 0 Å². The molecule has 4 heteroatoms. The second kappa shape index (κ2) is 7.33. The van der Waals surface area contributed by atoms with Crippen molar-refractivity contribution in [2.24, 2.45) is 0 Å². The van der Waals surface area contributed by atoms with E-state index in [2.05, 4.69) is 99.4 Å². The van der Waals surface area contributed by atoms with Gasteiger partial charge in [-0.1, -0.05) is 72.8 Å². The van der Waals surface area contributed by atoms with Crippen LogP contribution in [0.25, 0.3) is 33.2 Å². The topological polar surface area (TPSA) is 31.4 Å². The molecule has 1 aliphatic rings. The van der Waals surface area contributed by atoms with Gasteiger partial charge in [-0.25, -0.2) is 0 Å². The van der Waals surface area contributed by atoms with E-state index in [9.17, 15) is 0 Å². The highest BCUT2D eigenvalue weighted by atomic mass is 16.7. The standard InChI is InChI=1S/C27H26BNO2/c1-26(2)27(3,4)31-28(30-26)24-18-21(19-10-6-5-7-11-19)15-16-22(24)23-14-8-12-20-13-9-17-29-25(20)23/h5-18H,1-4H3. The zero-order valence-electron chi connectivity index (χ0n) is 18.4. The second-order valence-electron chi connectivity index (χ2n) is 9.14. The molecule has 0 aliphatic carbocycles. The number of fused-ring (bicyclic) bond motifs is 1. The molecule has 5 rings (SSSR count). The lowest BCUT2D eigenvalue weighted by atomic mass is 9.73. The predicted molar refractivity (Wildman–Crippen MR) is 128 cm³/mol. The molecule has 0 amide bonds. The van der Waals surface area contributed by atoms with Crippen molar-refractivity contribution in [2.45, 2.75) is 38.9 Å². The highest BCUT2D eigenvalue weighted by Gasteiger charge is 2.52. The third kappa shape index (κ3) is 3.46. The summed E-state index contributed by atoms with van der Waals surface area (Å²) in [7, 11) is -0.456. The number of pyridine rings is 1. The number of hydrogen-bond donors (Lipinski definition) is 0. The lowest BCUT2D eigenvalue weighted by Crippen LogP contribution is -2.41. The normalized spacial score (nSPS) is 17.2. The third-order valence-corrected chi connectivity index (χ3v) is 6.59. The molecule has 0 bridgehead atoms. The van der Waals surface area contributed by atoms with Crippen molar-refractivity contribution < 1.29 is 9.31 Å². The first-order valence-corrected chi connectivity index (χ1v) is 10.7. The summed E-state index contributed by atoms with van der Waals surface area (Å²) in [4.78, 5) is 4.68. The Hall–Kier alpha value is -2.95. The Kier molecular flexibility index (Phi) is 4.73. The van der Waals surface area contributed by atoms with E-state index in [0.29, 0.717) is 0 Å². The zero-order valence-corrected chi connectivity index (χ0v) is 18.4. The van der Waals surface area contributed by atoms with Gasteiger partial charge in [-0.05, 0) is 55.9 Å². The maximum absolute atomic E-state index is 6.47. The fourth-order valence-electron chi connectivity index (χ4n) is 4.10. The number of aromatic nitrogens is 1. The van der Waals surface area contributed by atoms with Crippen molar-refractivity contribution in [3.8, 4) is 22.3 Å². The molecule has 1 fully saturated rings. The molecule has 31 heavy (non-hydrogen) atoms. The van der Waals surface area contributed by atoms with Crippen LogP contribution in [0, 0.1) is 0 Å². The first kappa shape index (κ1) is 20.0. The number of para-hydroxylation sites is 1. The first-order chi connectivity index (χ1) is 14.9. The molecule has 2 heterocycles. The van der Waals surface area contributed by atoms with Gasteiger partial charge >= 0.3 is 7.12 Å². The molecule has 0 radical (unpaired) electrons. The Labute approximate surface area is 184 Å². The molecule has 0 N–H and O–H groups in total. The van der Waals surface area contributed by atoms with E-state index in [1.807, 2.05) is 18.3 Å². The first-order valence-electron chi connectivity index (χ1n) is 10.7. The number of nitrogens with zero attached hydrogens (tertiary/aromatic N) is 1. The molecule has 154 valence electrons. The molecular weight excluding hydrogens is 381 g/mol. The SMILES string of the molecule is CC1(C)OB(c2cc(-c3ccccc3)ccc2-c2cccc3cccnc23)OC1(C)C. The molecule has 0 unspecified atom stereocenters. The lowest BCUT2D eigenvalue weighted by molar-refractivity contribution is 0.00578. The summed E-state index contributed by atoms with van der Waals surface area (Å²) in [5.74, 6) is 0. The van der Waals surface area contributed by atoms with Crippen molar-refractivity contribution in [3.05, 3.63) is 85.1 Å². The van der Waals surface area contributed by atoms with Crippen LogP contribution in [0.1, 0.15) is 27.7 Å². The van der Waals surface area contributed by atoms with Crippen LogP contribution in [0.5, 0.6) is 0 Å². The predicted octanol–water partition coefficient (Wildman–Crippen LogP) is 5.87. The van der Waals surface area contributed by atoms with Crippen LogP contribution < -0.4 is 5.46 Å². The monoisotopic (exact) mass is 407 g/mol. The van der Waals surface area contributed by atoms with Gasteiger partial charge in [0.25, 0.3) is 0 Å². The van der Waals surface area contributed by atoms with E-state index in [1.54, 1.807) is 0 Å². The third-order valence-electron chi connectivity index (χ3n) is 6.59. The van der Waals surface area contributed by atoms with Crippen LogP contribution in [-0.4, -0.2) is 23.3 Å². The van der Waals surface area contributed by atoms with Gasteiger partial charge in [0.2, 0.25) is 0 Å². The minimum atomic E-state index is -0.456. The summed E-state index contributed by atoms with van der Waals surface area (Å²) in [6.07, 6.45) is 1.85. The molecule has 3 aromatic carbocycles. The van der Waals surface area contributed by atoms with Crippen LogP contribution in [0.3, 0.4) is 0 Å². The second-order valence-corrected chi connectivity index (χ2v) is 9.14. The summed E-state index contributed by atoms with van der Waals surface area (Å²) in [5, 5.41) is 1.12. The molecule has 1 aliphatic heterocycles. The quantitative estimate of drug-likeness (QED) is 0.398. The summed E-state index contributed by atoms with van der Waals surface area (Å²) in [6.45, 7) is 8.36. The van der Waals surface area contributed by atoms with Crippen LogP contribution in [0.15, 0.2) is 85.1 Å². The Bertz CT molecular complexity index is 1230. The van der Waals surface area contributed by atoms with Crippen molar-refractivity contribution in [2.75, 3.05) is 0 Å². The molecule has 0 saturated carbocycles. The highest BCUT2D eigenvalue weighted by Crippen LogP contribution is 2.38. The van der Waals surface area contributed by atoms with E-state index in [1.165, 1.54) is 5.56 Å². The number of hydrogen-bond acceptors (Lipinski definition) is 3. The Morgan fingerprint density at radius 3 is 2.13 bits per heavy atom. The van der Waals surface area contributed by atoms with Crippen LogP contribution in [-0.2, 0) is 9.31 Å². The van der Waals surface area contributed by atoms with E-state index < -0.39 is 18.3 Å². The molecule has 4 aromatic rings. The van der Waals surface area contributed by atoms with E-state index in [-0.39, 0.29) is 0 Å². The van der Waals surface area contributed by atoms with Gasteiger partial charge in [0, 0.05) is 17.1 Å². The smallest absolute Gasteiger partial charge is 0.399 e. The van der Waals surface area contributed by atoms with Crippen molar-refractivity contribution in [1.82, 2.24) is 4.98 Å². The summed E-state index contributed by atoms with van der Waals surface area (Å²) >= 11 is 0. The van der Waals surface area contributed by atoms with Crippen molar-refractivity contribution in [3.63, 3.8) is 0 Å².